The average Bonchev–Trinajstić information content (AvgIpc) is 2.47. The lowest BCUT2D eigenvalue weighted by Gasteiger charge is -2.08. The third-order valence-corrected chi connectivity index (χ3v) is 3.22. The Bertz CT molecular complexity index is 879. The summed E-state index contributed by atoms with van der Waals surface area (Å²) in [6, 6.07) is 10.6. The molecular formula is C16H12O5. The molecule has 0 spiro atoms. The first-order chi connectivity index (χ1) is 10.1. The van der Waals surface area contributed by atoms with E-state index in [1.54, 1.807) is 12.1 Å². The van der Waals surface area contributed by atoms with Gasteiger partial charge in [-0.25, -0.2) is 4.79 Å². The van der Waals surface area contributed by atoms with Crippen LogP contribution in [0.25, 0.3) is 22.1 Å². The van der Waals surface area contributed by atoms with Crippen LogP contribution in [0.4, 0.5) is 0 Å². The molecule has 5 nitrogen and oxygen atoms in total. The second kappa shape index (κ2) is 4.86. The van der Waals surface area contributed by atoms with Crippen LogP contribution in [0.1, 0.15) is 0 Å². The van der Waals surface area contributed by atoms with Gasteiger partial charge in [0, 0.05) is 17.0 Å². The first-order valence-electron chi connectivity index (χ1n) is 6.23. The summed E-state index contributed by atoms with van der Waals surface area (Å²) in [6.07, 6.45) is 0. The predicted octanol–water partition coefficient (Wildman–Crippen LogP) is 2.88. The van der Waals surface area contributed by atoms with Gasteiger partial charge in [0.05, 0.1) is 7.11 Å². The first-order valence-corrected chi connectivity index (χ1v) is 6.23. The molecule has 0 bridgehead atoms. The van der Waals surface area contributed by atoms with Crippen molar-refractivity contribution in [3.63, 3.8) is 0 Å². The van der Waals surface area contributed by atoms with Crippen molar-refractivity contribution in [3.8, 4) is 28.4 Å². The molecule has 0 amide bonds. The van der Waals surface area contributed by atoms with E-state index in [0.717, 1.165) is 0 Å². The van der Waals surface area contributed by atoms with Gasteiger partial charge in [0.25, 0.3) is 0 Å². The Morgan fingerprint density at radius 3 is 2.57 bits per heavy atom. The number of fused-ring (bicyclic) bond motifs is 1. The van der Waals surface area contributed by atoms with Gasteiger partial charge in [0.2, 0.25) is 0 Å². The Balaban J connectivity index is 2.31. The first kappa shape index (κ1) is 13.1. The predicted molar refractivity (Wildman–Crippen MR) is 77.8 cm³/mol. The molecule has 0 radical (unpaired) electrons. The van der Waals surface area contributed by atoms with Crippen molar-refractivity contribution in [1.29, 1.82) is 0 Å². The lowest BCUT2D eigenvalue weighted by molar-refractivity contribution is 0.373. The van der Waals surface area contributed by atoms with Gasteiger partial charge >= 0.3 is 5.63 Å². The molecule has 3 aromatic rings. The molecule has 0 fully saturated rings. The van der Waals surface area contributed by atoms with E-state index in [1.807, 2.05) is 0 Å². The number of hydrogen-bond acceptors (Lipinski definition) is 5. The number of ether oxygens (including phenoxy) is 1. The third kappa shape index (κ3) is 2.29. The van der Waals surface area contributed by atoms with Gasteiger partial charge in [0.15, 0.2) is 11.5 Å². The van der Waals surface area contributed by atoms with E-state index in [9.17, 15) is 15.0 Å². The SMILES string of the molecule is COc1ccc(-c2cc(=O)oc3ccc(O)cc23)cc1O. The molecule has 1 aromatic heterocycles. The Morgan fingerprint density at radius 2 is 1.86 bits per heavy atom. The Hall–Kier alpha value is -2.95. The van der Waals surface area contributed by atoms with Gasteiger partial charge in [-0.3, -0.25) is 0 Å². The van der Waals surface area contributed by atoms with Crippen molar-refractivity contribution in [2.45, 2.75) is 0 Å². The summed E-state index contributed by atoms with van der Waals surface area (Å²) < 4.78 is 10.1. The lowest BCUT2D eigenvalue weighted by atomic mass is 10.0. The lowest BCUT2D eigenvalue weighted by Crippen LogP contribution is -1.98. The van der Waals surface area contributed by atoms with Gasteiger partial charge in [-0.2, -0.15) is 0 Å². The van der Waals surface area contributed by atoms with Gasteiger partial charge < -0.3 is 19.4 Å². The monoisotopic (exact) mass is 284 g/mol. The molecule has 1 heterocycles. The smallest absolute Gasteiger partial charge is 0.336 e. The van der Waals surface area contributed by atoms with Crippen LogP contribution in [0.2, 0.25) is 0 Å². The molecule has 0 saturated carbocycles. The maximum atomic E-state index is 11.7. The molecule has 0 unspecified atom stereocenters. The summed E-state index contributed by atoms with van der Waals surface area (Å²) in [4.78, 5) is 11.7. The normalized spacial score (nSPS) is 10.7. The Labute approximate surface area is 119 Å². The van der Waals surface area contributed by atoms with Gasteiger partial charge in [-0.15, -0.1) is 0 Å². The number of phenolic OH excluding ortho intramolecular Hbond substituents is 2. The molecule has 2 aromatic carbocycles. The van der Waals surface area contributed by atoms with Crippen molar-refractivity contribution in [3.05, 3.63) is 52.9 Å². The van der Waals surface area contributed by atoms with E-state index >= 15 is 0 Å². The number of phenols is 2. The molecule has 0 atom stereocenters. The standard InChI is InChI=1S/C16H12O5/c1-20-15-4-2-9(6-13(15)18)11-8-16(19)21-14-5-3-10(17)7-12(11)14/h2-8,17-18H,1H3. The van der Waals surface area contributed by atoms with Gasteiger partial charge in [-0.1, -0.05) is 6.07 Å². The zero-order valence-electron chi connectivity index (χ0n) is 11.2. The number of rotatable bonds is 2. The minimum atomic E-state index is -0.501. The van der Waals surface area contributed by atoms with Crippen LogP contribution in [0, 0.1) is 0 Å². The Morgan fingerprint density at radius 1 is 1.05 bits per heavy atom. The van der Waals surface area contributed by atoms with E-state index in [1.165, 1.54) is 37.4 Å². The van der Waals surface area contributed by atoms with E-state index in [2.05, 4.69) is 0 Å². The summed E-state index contributed by atoms with van der Waals surface area (Å²) in [6.45, 7) is 0. The zero-order chi connectivity index (χ0) is 15.0. The molecule has 2 N–H and O–H groups in total. The highest BCUT2D eigenvalue weighted by Gasteiger charge is 2.11. The van der Waals surface area contributed by atoms with E-state index < -0.39 is 5.63 Å². The van der Waals surface area contributed by atoms with Crippen LogP contribution in [0.5, 0.6) is 17.2 Å². The van der Waals surface area contributed by atoms with Crippen LogP contribution in [0.3, 0.4) is 0 Å². The van der Waals surface area contributed by atoms with E-state index in [-0.39, 0.29) is 11.5 Å². The van der Waals surface area contributed by atoms with E-state index in [4.69, 9.17) is 9.15 Å². The fraction of sp³-hybridized carbons (Fsp3) is 0.0625. The molecular weight excluding hydrogens is 272 g/mol. The van der Waals surface area contributed by atoms with Crippen LogP contribution in [0.15, 0.2) is 51.7 Å². The minimum Gasteiger partial charge on any atom is -0.508 e. The molecule has 0 aliphatic heterocycles. The number of hydrogen-bond donors (Lipinski definition) is 2. The maximum Gasteiger partial charge on any atom is 0.336 e. The second-order valence-electron chi connectivity index (χ2n) is 4.55. The summed E-state index contributed by atoms with van der Waals surface area (Å²) in [5.74, 6) is 0.376. The highest BCUT2D eigenvalue weighted by molar-refractivity contribution is 5.94. The number of methoxy groups -OCH3 is 1. The van der Waals surface area contributed by atoms with Crippen LogP contribution < -0.4 is 10.4 Å². The molecule has 21 heavy (non-hydrogen) atoms. The third-order valence-electron chi connectivity index (χ3n) is 3.22. The second-order valence-corrected chi connectivity index (χ2v) is 4.55. The summed E-state index contributed by atoms with van der Waals surface area (Å²) in [5.41, 5.74) is 1.05. The summed E-state index contributed by atoms with van der Waals surface area (Å²) >= 11 is 0. The van der Waals surface area contributed by atoms with Crippen molar-refractivity contribution < 1.29 is 19.4 Å². The van der Waals surface area contributed by atoms with Crippen molar-refractivity contribution in [1.82, 2.24) is 0 Å². The van der Waals surface area contributed by atoms with Crippen LogP contribution in [-0.2, 0) is 0 Å². The zero-order valence-corrected chi connectivity index (χ0v) is 11.2. The maximum absolute atomic E-state index is 11.7. The summed E-state index contributed by atoms with van der Waals surface area (Å²) in [7, 11) is 1.46. The van der Waals surface area contributed by atoms with Crippen molar-refractivity contribution in [2.75, 3.05) is 7.11 Å². The molecule has 106 valence electrons. The fourth-order valence-electron chi connectivity index (χ4n) is 2.25. The van der Waals surface area contributed by atoms with E-state index in [0.29, 0.717) is 27.8 Å². The quantitative estimate of drug-likeness (QED) is 0.707. The molecule has 3 rings (SSSR count). The highest BCUT2D eigenvalue weighted by atomic mass is 16.5. The molecule has 0 aliphatic carbocycles. The molecule has 0 aliphatic rings. The van der Waals surface area contributed by atoms with Crippen LogP contribution >= 0.6 is 0 Å². The van der Waals surface area contributed by atoms with Crippen LogP contribution in [-0.4, -0.2) is 17.3 Å². The van der Waals surface area contributed by atoms with Gasteiger partial charge in [0.1, 0.15) is 11.3 Å². The summed E-state index contributed by atoms with van der Waals surface area (Å²) in [5, 5.41) is 20.1. The Kier molecular flexibility index (Phi) is 3.02. The number of aromatic hydroxyl groups is 2. The molecule has 0 saturated heterocycles. The highest BCUT2D eigenvalue weighted by Crippen LogP contribution is 2.34. The topological polar surface area (TPSA) is 79.9 Å². The molecule has 5 heteroatoms. The minimum absolute atomic E-state index is 0.0310. The van der Waals surface area contributed by atoms with Gasteiger partial charge in [-0.05, 0) is 35.9 Å². The average molecular weight is 284 g/mol. The largest absolute Gasteiger partial charge is 0.508 e. The fourth-order valence-corrected chi connectivity index (χ4v) is 2.25. The van der Waals surface area contributed by atoms with Crippen molar-refractivity contribution >= 4 is 11.0 Å². The number of benzene rings is 2. The van der Waals surface area contributed by atoms with Crippen molar-refractivity contribution in [2.24, 2.45) is 0 Å².